The number of nitrogens with zero attached hydrogens (tertiary/aromatic N) is 2. The minimum absolute atomic E-state index is 0.0349. The Bertz CT molecular complexity index is 1960. The van der Waals surface area contributed by atoms with Crippen molar-refractivity contribution in [3.63, 3.8) is 0 Å². The van der Waals surface area contributed by atoms with E-state index >= 15 is 0 Å². The molecular formula is C43H47BN2. The third-order valence-corrected chi connectivity index (χ3v) is 9.98. The molecule has 2 aliphatic rings. The van der Waals surface area contributed by atoms with Crippen LogP contribution in [-0.4, -0.2) is 6.71 Å². The van der Waals surface area contributed by atoms with Crippen LogP contribution in [0.2, 0.25) is 0 Å². The molecule has 0 amide bonds. The van der Waals surface area contributed by atoms with Crippen LogP contribution in [0.3, 0.4) is 0 Å². The highest BCUT2D eigenvalue weighted by molar-refractivity contribution is 7.00. The molecule has 232 valence electrons. The first kappa shape index (κ1) is 30.4. The van der Waals surface area contributed by atoms with Crippen LogP contribution in [0.5, 0.6) is 0 Å². The molecule has 5 aromatic carbocycles. The summed E-state index contributed by atoms with van der Waals surface area (Å²) in [5.74, 6) is 0. The summed E-state index contributed by atoms with van der Waals surface area (Å²) in [5, 5.41) is 0. The van der Waals surface area contributed by atoms with E-state index in [0.29, 0.717) is 0 Å². The first-order chi connectivity index (χ1) is 21.6. The molecule has 0 unspecified atom stereocenters. The first-order valence-electron chi connectivity index (χ1n) is 16.8. The normalized spacial score (nSPS) is 14.2. The van der Waals surface area contributed by atoms with Gasteiger partial charge >= 0.3 is 0 Å². The summed E-state index contributed by atoms with van der Waals surface area (Å²) in [6, 6.07) is 39.6. The van der Waals surface area contributed by atoms with Gasteiger partial charge in [0.15, 0.2) is 0 Å². The highest BCUT2D eigenvalue weighted by Gasteiger charge is 2.43. The second-order valence-electron chi connectivity index (χ2n) is 16.5. The van der Waals surface area contributed by atoms with Gasteiger partial charge in [0.05, 0.1) is 0 Å². The maximum absolute atomic E-state index is 2.54. The van der Waals surface area contributed by atoms with Gasteiger partial charge in [0, 0.05) is 34.1 Å². The Morgan fingerprint density at radius 2 is 1.00 bits per heavy atom. The zero-order valence-corrected chi connectivity index (χ0v) is 29.3. The van der Waals surface area contributed by atoms with E-state index in [1.807, 2.05) is 0 Å². The number of hydrogen-bond acceptors (Lipinski definition) is 2. The monoisotopic (exact) mass is 602 g/mol. The molecule has 2 nitrogen and oxygen atoms in total. The molecule has 0 N–H and O–H groups in total. The Morgan fingerprint density at radius 1 is 0.435 bits per heavy atom. The predicted octanol–water partition coefficient (Wildman–Crippen LogP) is 9.97. The van der Waals surface area contributed by atoms with Crippen molar-refractivity contribution in [2.45, 2.75) is 85.5 Å². The van der Waals surface area contributed by atoms with Gasteiger partial charge in [-0.2, -0.15) is 0 Å². The number of fused-ring (bicyclic) bond motifs is 4. The van der Waals surface area contributed by atoms with Gasteiger partial charge in [0.25, 0.3) is 6.71 Å². The predicted molar refractivity (Wildman–Crippen MR) is 201 cm³/mol. The van der Waals surface area contributed by atoms with E-state index in [-0.39, 0.29) is 23.0 Å². The molecule has 0 aromatic heterocycles. The van der Waals surface area contributed by atoms with Crippen LogP contribution in [0.15, 0.2) is 103 Å². The molecule has 0 fully saturated rings. The second-order valence-corrected chi connectivity index (χ2v) is 16.5. The van der Waals surface area contributed by atoms with Gasteiger partial charge in [-0.05, 0) is 105 Å². The highest BCUT2D eigenvalue weighted by Crippen LogP contribution is 2.45. The maximum atomic E-state index is 2.54. The van der Waals surface area contributed by atoms with Crippen molar-refractivity contribution in [2.75, 3.05) is 9.80 Å². The summed E-state index contributed by atoms with van der Waals surface area (Å²) in [7, 11) is 0. The molecule has 0 spiro atoms. The minimum Gasteiger partial charge on any atom is -0.311 e. The van der Waals surface area contributed by atoms with Gasteiger partial charge in [0.1, 0.15) is 0 Å². The van der Waals surface area contributed by atoms with Crippen molar-refractivity contribution in [1.29, 1.82) is 0 Å². The Kier molecular flexibility index (Phi) is 6.87. The van der Waals surface area contributed by atoms with Gasteiger partial charge in [-0.15, -0.1) is 0 Å². The lowest BCUT2D eigenvalue weighted by Gasteiger charge is -2.44. The first-order valence-corrected chi connectivity index (χ1v) is 16.8. The van der Waals surface area contributed by atoms with Crippen LogP contribution in [0.1, 0.15) is 84.6 Å². The molecule has 0 atom stereocenters. The largest absolute Gasteiger partial charge is 0.311 e. The van der Waals surface area contributed by atoms with Crippen LogP contribution in [0, 0.1) is 6.92 Å². The molecule has 2 heterocycles. The van der Waals surface area contributed by atoms with Gasteiger partial charge in [0.2, 0.25) is 0 Å². The summed E-state index contributed by atoms with van der Waals surface area (Å²) >= 11 is 0. The van der Waals surface area contributed by atoms with Crippen LogP contribution < -0.4 is 26.2 Å². The zero-order valence-electron chi connectivity index (χ0n) is 29.3. The molecule has 7 rings (SSSR count). The van der Waals surface area contributed by atoms with E-state index < -0.39 is 0 Å². The Balaban J connectivity index is 1.53. The quantitative estimate of drug-likeness (QED) is 0.182. The molecule has 0 radical (unpaired) electrons. The Hall–Kier alpha value is -4.24. The van der Waals surface area contributed by atoms with Gasteiger partial charge in [-0.25, -0.2) is 0 Å². The fraction of sp³-hybridized carbons (Fsp3) is 0.302. The molecule has 0 saturated carbocycles. The molecule has 5 aromatic rings. The number of anilines is 6. The Morgan fingerprint density at radius 3 is 1.63 bits per heavy atom. The van der Waals surface area contributed by atoms with Crippen LogP contribution in [-0.2, 0) is 16.2 Å². The Labute approximate surface area is 277 Å². The van der Waals surface area contributed by atoms with E-state index in [0.717, 1.165) is 0 Å². The van der Waals surface area contributed by atoms with Gasteiger partial charge in [-0.1, -0.05) is 122 Å². The fourth-order valence-electron chi connectivity index (χ4n) is 7.30. The average Bonchev–Trinajstić information content (AvgIpc) is 2.99. The number of rotatable bonds is 2. The number of hydrogen-bond donors (Lipinski definition) is 0. The van der Waals surface area contributed by atoms with Crippen LogP contribution in [0.25, 0.3) is 0 Å². The fourth-order valence-corrected chi connectivity index (χ4v) is 7.30. The lowest BCUT2D eigenvalue weighted by molar-refractivity contribution is 0.590. The number of aryl methyl sites for hydroxylation is 1. The number of benzene rings is 5. The lowest BCUT2D eigenvalue weighted by atomic mass is 9.33. The standard InChI is InChI=1S/C43H47BN2/c1-28-17-24-36-35(25-28)44-34-23-20-31(43(8,9)10)27-39(34)46(33-14-11-13-30(26-33)42(5,6)7)38-16-12-15-37(40(38)44)45(36)32-21-18-29(19-22-32)41(2,3)4/h11-27H,1-10H3. The zero-order chi connectivity index (χ0) is 32.8. The summed E-state index contributed by atoms with van der Waals surface area (Å²) < 4.78 is 0. The molecule has 46 heavy (non-hydrogen) atoms. The van der Waals surface area contributed by atoms with E-state index in [2.05, 4.69) is 182 Å². The molecule has 0 saturated heterocycles. The smallest absolute Gasteiger partial charge is 0.252 e. The van der Waals surface area contributed by atoms with E-state index in [1.54, 1.807) is 0 Å². The van der Waals surface area contributed by atoms with E-state index in [1.165, 1.54) is 72.8 Å². The van der Waals surface area contributed by atoms with Crippen molar-refractivity contribution in [2.24, 2.45) is 0 Å². The van der Waals surface area contributed by atoms with E-state index in [4.69, 9.17) is 0 Å². The van der Waals surface area contributed by atoms with Crippen molar-refractivity contribution < 1.29 is 0 Å². The highest BCUT2D eigenvalue weighted by atomic mass is 15.2. The second kappa shape index (κ2) is 10.4. The van der Waals surface area contributed by atoms with Gasteiger partial charge < -0.3 is 9.80 Å². The third-order valence-electron chi connectivity index (χ3n) is 9.98. The van der Waals surface area contributed by atoms with Crippen molar-refractivity contribution in [3.05, 3.63) is 125 Å². The van der Waals surface area contributed by atoms with Crippen LogP contribution in [0.4, 0.5) is 34.1 Å². The minimum atomic E-state index is 0.0349. The summed E-state index contributed by atoms with van der Waals surface area (Å²) in [5.41, 5.74) is 17.1. The van der Waals surface area contributed by atoms with Gasteiger partial charge in [-0.3, -0.25) is 0 Å². The van der Waals surface area contributed by atoms with Crippen molar-refractivity contribution in [3.8, 4) is 0 Å². The SMILES string of the molecule is Cc1ccc2c(c1)B1c3ccc(C(C)(C)C)cc3N(c3cccc(C(C)(C)C)c3)c3cccc(c31)N2c1ccc(C(C)(C)C)cc1. The van der Waals surface area contributed by atoms with Crippen LogP contribution >= 0.6 is 0 Å². The molecule has 0 bridgehead atoms. The lowest BCUT2D eigenvalue weighted by Crippen LogP contribution is -2.61. The molecule has 0 aliphatic carbocycles. The molecule has 3 heteroatoms. The van der Waals surface area contributed by atoms with Crippen molar-refractivity contribution in [1.82, 2.24) is 0 Å². The maximum Gasteiger partial charge on any atom is 0.252 e. The summed E-state index contributed by atoms with van der Waals surface area (Å²) in [4.78, 5) is 5.03. The summed E-state index contributed by atoms with van der Waals surface area (Å²) in [6.45, 7) is 23.1. The summed E-state index contributed by atoms with van der Waals surface area (Å²) in [6.07, 6.45) is 0. The topological polar surface area (TPSA) is 6.48 Å². The van der Waals surface area contributed by atoms with E-state index in [9.17, 15) is 0 Å². The molecule has 2 aliphatic heterocycles. The average molecular weight is 603 g/mol. The van der Waals surface area contributed by atoms with Crippen molar-refractivity contribution >= 4 is 57.2 Å². The molecular weight excluding hydrogens is 555 g/mol. The third kappa shape index (κ3) is 4.96.